The molecule has 2 aromatic heterocycles. The van der Waals surface area contributed by atoms with Gasteiger partial charge in [0.05, 0.1) is 26.2 Å². The number of aryl methyl sites for hydroxylation is 1. The van der Waals surface area contributed by atoms with Gasteiger partial charge in [0.2, 0.25) is 5.71 Å². The van der Waals surface area contributed by atoms with Crippen LogP contribution in [-0.4, -0.2) is 54.4 Å². The van der Waals surface area contributed by atoms with Crippen LogP contribution in [0, 0.1) is 0 Å². The van der Waals surface area contributed by atoms with Gasteiger partial charge in [0.1, 0.15) is 47.2 Å². The van der Waals surface area contributed by atoms with E-state index in [0.717, 1.165) is 35.1 Å². The summed E-state index contributed by atoms with van der Waals surface area (Å²) in [5.74, 6) is 1.04. The van der Waals surface area contributed by atoms with Crippen molar-refractivity contribution in [2.24, 2.45) is 0 Å². The summed E-state index contributed by atoms with van der Waals surface area (Å²) >= 11 is 5.91. The summed E-state index contributed by atoms with van der Waals surface area (Å²) in [5.41, 5.74) is 3.17. The Morgan fingerprint density at radius 2 is 1.52 bits per heavy atom. The van der Waals surface area contributed by atoms with Gasteiger partial charge in [0, 0.05) is 18.2 Å². The normalized spacial score (nSPS) is 16.9. The lowest BCUT2D eigenvalue weighted by Crippen LogP contribution is -2.39. The van der Waals surface area contributed by atoms with Crippen LogP contribution in [0.25, 0.3) is 22.4 Å². The molecule has 0 amide bonds. The molecular weight excluding hydrogens is 732 g/mol. The second kappa shape index (κ2) is 17.6. The molecule has 3 heterocycles. The summed E-state index contributed by atoms with van der Waals surface area (Å²) in [6, 6.07) is 35.3. The number of halogens is 1. The van der Waals surface area contributed by atoms with E-state index in [-0.39, 0.29) is 24.6 Å². The summed E-state index contributed by atoms with van der Waals surface area (Å²) in [6.07, 6.45) is 3.99. The summed E-state index contributed by atoms with van der Waals surface area (Å²) in [5, 5.41) is 0.631. The SMILES string of the molecule is CCCCCc1ccc(-c2cc3cn(C4CC(OC(=O)CCl)C(COC(c5ccccc5)(c5ccc(OC)cc5)c5ccc(OC)cc5)O4)c(=O)nc3o2)cc1. The summed E-state index contributed by atoms with van der Waals surface area (Å²) in [4.78, 5) is 30.5. The Hall–Kier alpha value is -5.42. The zero-order valence-electron chi connectivity index (χ0n) is 31.7. The monoisotopic (exact) mass is 776 g/mol. The molecule has 4 aromatic carbocycles. The number of carbonyl (C=O) groups excluding carboxylic acids is 1. The molecule has 1 aliphatic rings. The maximum atomic E-state index is 13.5. The highest BCUT2D eigenvalue weighted by Gasteiger charge is 2.44. The quantitative estimate of drug-likeness (QED) is 0.0412. The van der Waals surface area contributed by atoms with Gasteiger partial charge in [-0.3, -0.25) is 9.36 Å². The molecule has 56 heavy (non-hydrogen) atoms. The van der Waals surface area contributed by atoms with Crippen LogP contribution in [0.4, 0.5) is 0 Å². The van der Waals surface area contributed by atoms with Crippen LogP contribution in [0.5, 0.6) is 11.5 Å². The van der Waals surface area contributed by atoms with Gasteiger partial charge in [0.25, 0.3) is 0 Å². The Morgan fingerprint density at radius 1 is 0.875 bits per heavy atom. The van der Waals surface area contributed by atoms with Gasteiger partial charge in [-0.25, -0.2) is 4.79 Å². The van der Waals surface area contributed by atoms with E-state index in [1.54, 1.807) is 20.4 Å². The maximum absolute atomic E-state index is 13.5. The van der Waals surface area contributed by atoms with Gasteiger partial charge in [-0.05, 0) is 65.4 Å². The Labute approximate surface area is 330 Å². The van der Waals surface area contributed by atoms with Crippen molar-refractivity contribution in [3.05, 3.63) is 148 Å². The summed E-state index contributed by atoms with van der Waals surface area (Å²) < 4.78 is 37.9. The van der Waals surface area contributed by atoms with Crippen LogP contribution < -0.4 is 15.2 Å². The van der Waals surface area contributed by atoms with Crippen molar-refractivity contribution in [2.45, 2.75) is 63.1 Å². The number of esters is 1. The van der Waals surface area contributed by atoms with Gasteiger partial charge in [-0.15, -0.1) is 11.6 Å². The predicted molar refractivity (Wildman–Crippen MR) is 214 cm³/mol. The van der Waals surface area contributed by atoms with E-state index >= 15 is 0 Å². The van der Waals surface area contributed by atoms with Crippen molar-refractivity contribution in [3.63, 3.8) is 0 Å². The third-order valence-corrected chi connectivity index (χ3v) is 10.5. The molecule has 0 aliphatic carbocycles. The number of nitrogens with zero attached hydrogens (tertiary/aromatic N) is 2. The highest BCUT2D eigenvalue weighted by Crippen LogP contribution is 2.43. The van der Waals surface area contributed by atoms with Crippen LogP contribution in [0.15, 0.2) is 125 Å². The first kappa shape index (κ1) is 38.8. The molecule has 0 saturated carbocycles. The molecule has 290 valence electrons. The largest absolute Gasteiger partial charge is 0.497 e. The van der Waals surface area contributed by atoms with Crippen LogP contribution in [0.1, 0.15) is 61.1 Å². The third kappa shape index (κ3) is 8.23. The number of alkyl halides is 1. The van der Waals surface area contributed by atoms with Gasteiger partial charge in [-0.2, -0.15) is 4.98 Å². The first-order chi connectivity index (χ1) is 27.3. The molecule has 0 N–H and O–H groups in total. The number of methoxy groups -OCH3 is 2. The van der Waals surface area contributed by atoms with E-state index < -0.39 is 35.7 Å². The molecule has 10 nitrogen and oxygen atoms in total. The zero-order valence-corrected chi connectivity index (χ0v) is 32.4. The van der Waals surface area contributed by atoms with Crippen molar-refractivity contribution >= 4 is 28.7 Å². The molecule has 0 spiro atoms. The standard InChI is InChI=1S/C45H45ClN2O8/c1-4-5-7-10-30-13-15-31(16-14-30)38-25-32-28-48(44(50)47-43(32)56-38)41-26-39(55-42(49)27-46)40(54-41)29-53-45(33-11-8-6-9-12-33,34-17-21-36(51-2)22-18-34)35-19-23-37(52-3)24-20-35/h6,8-9,11-25,28,39-41H,4-5,7,10,26-27,29H2,1-3H3. The minimum Gasteiger partial charge on any atom is -0.497 e. The highest BCUT2D eigenvalue weighted by molar-refractivity contribution is 6.26. The number of hydrogen-bond donors (Lipinski definition) is 0. The number of ether oxygens (including phenoxy) is 5. The summed E-state index contributed by atoms with van der Waals surface area (Å²) in [6.45, 7) is 2.17. The molecule has 3 atom stereocenters. The van der Waals surface area contributed by atoms with Gasteiger partial charge < -0.3 is 28.1 Å². The van der Waals surface area contributed by atoms with E-state index in [2.05, 4.69) is 24.0 Å². The van der Waals surface area contributed by atoms with E-state index in [9.17, 15) is 9.59 Å². The number of rotatable bonds is 16. The molecule has 0 radical (unpaired) electrons. The second-order valence-electron chi connectivity index (χ2n) is 13.8. The molecule has 1 fully saturated rings. The average Bonchev–Trinajstić information content (AvgIpc) is 3.85. The molecule has 6 aromatic rings. The van der Waals surface area contributed by atoms with E-state index in [1.165, 1.54) is 23.0 Å². The molecule has 1 saturated heterocycles. The van der Waals surface area contributed by atoms with Crippen LogP contribution in [-0.2, 0) is 31.0 Å². The molecular formula is C45H45ClN2O8. The zero-order chi connectivity index (χ0) is 39.1. The van der Waals surface area contributed by atoms with Crippen LogP contribution in [0.2, 0.25) is 0 Å². The fourth-order valence-electron chi connectivity index (χ4n) is 7.32. The Kier molecular flexibility index (Phi) is 12.2. The predicted octanol–water partition coefficient (Wildman–Crippen LogP) is 8.85. The second-order valence-corrected chi connectivity index (χ2v) is 14.1. The molecule has 0 bridgehead atoms. The lowest BCUT2D eigenvalue weighted by molar-refractivity contribution is -0.153. The molecule has 1 aliphatic heterocycles. The number of fused-ring (bicyclic) bond motifs is 1. The van der Waals surface area contributed by atoms with Crippen molar-refractivity contribution in [1.82, 2.24) is 9.55 Å². The fraction of sp³-hybridized carbons (Fsp3) is 0.311. The number of aromatic nitrogens is 2. The van der Waals surface area contributed by atoms with E-state index in [0.29, 0.717) is 22.6 Å². The number of furan rings is 1. The number of benzene rings is 4. The topological polar surface area (TPSA) is 111 Å². The Morgan fingerprint density at radius 3 is 2.12 bits per heavy atom. The van der Waals surface area contributed by atoms with E-state index in [1.807, 2.05) is 97.1 Å². The number of hydrogen-bond acceptors (Lipinski definition) is 9. The van der Waals surface area contributed by atoms with Crippen LogP contribution in [0.3, 0.4) is 0 Å². The fourth-order valence-corrected chi connectivity index (χ4v) is 7.38. The molecule has 11 heteroatoms. The lowest BCUT2D eigenvalue weighted by Gasteiger charge is -2.37. The number of unbranched alkanes of at least 4 members (excludes halogenated alkanes) is 2. The van der Waals surface area contributed by atoms with Gasteiger partial charge >= 0.3 is 11.7 Å². The van der Waals surface area contributed by atoms with Crippen molar-refractivity contribution in [3.8, 4) is 22.8 Å². The first-order valence-electron chi connectivity index (χ1n) is 18.9. The third-order valence-electron chi connectivity index (χ3n) is 10.3. The number of carbonyl (C=O) groups is 1. The van der Waals surface area contributed by atoms with Crippen molar-refractivity contribution in [1.29, 1.82) is 0 Å². The molecule has 7 rings (SSSR count). The van der Waals surface area contributed by atoms with E-state index in [4.69, 9.17) is 39.7 Å². The van der Waals surface area contributed by atoms with Crippen molar-refractivity contribution < 1.29 is 32.9 Å². The highest BCUT2D eigenvalue weighted by atomic mass is 35.5. The lowest BCUT2D eigenvalue weighted by atomic mass is 9.80. The van der Waals surface area contributed by atoms with Crippen molar-refractivity contribution in [2.75, 3.05) is 26.7 Å². The average molecular weight is 777 g/mol. The van der Waals surface area contributed by atoms with Crippen LogP contribution >= 0.6 is 11.6 Å². The van der Waals surface area contributed by atoms with Gasteiger partial charge in [-0.1, -0.05) is 98.6 Å². The Bertz CT molecular complexity index is 2220. The maximum Gasteiger partial charge on any atom is 0.353 e. The van der Waals surface area contributed by atoms with Gasteiger partial charge in [0.15, 0.2) is 0 Å². The summed E-state index contributed by atoms with van der Waals surface area (Å²) in [7, 11) is 3.24. The minimum absolute atomic E-state index is 0.0294. The Balaban J connectivity index is 1.21. The smallest absolute Gasteiger partial charge is 0.353 e. The molecule has 3 unspecified atom stereocenters. The minimum atomic E-state index is -1.15. The first-order valence-corrected chi connectivity index (χ1v) is 19.4.